The van der Waals surface area contributed by atoms with E-state index in [0.29, 0.717) is 11.4 Å². The van der Waals surface area contributed by atoms with E-state index in [4.69, 9.17) is 11.6 Å². The fraction of sp³-hybridized carbons (Fsp3) is 0.167. The highest BCUT2D eigenvalue weighted by Gasteiger charge is 2.10. The van der Waals surface area contributed by atoms with Gasteiger partial charge in [0.25, 0.3) is 5.69 Å². The lowest BCUT2D eigenvalue weighted by atomic mass is 10.1. The maximum atomic E-state index is 10.5. The van der Waals surface area contributed by atoms with Crippen LogP contribution in [0, 0.1) is 10.1 Å². The molecule has 1 unspecified atom stereocenters. The second-order valence-corrected chi connectivity index (χ2v) is 4.36. The third kappa shape index (κ3) is 3.62. The van der Waals surface area contributed by atoms with Crippen molar-refractivity contribution >= 4 is 23.1 Å². The number of nitrogens with one attached hydrogen (secondary N) is 1. The third-order valence-corrected chi connectivity index (χ3v) is 2.75. The van der Waals surface area contributed by atoms with Gasteiger partial charge in [0.1, 0.15) is 11.0 Å². The molecule has 7 nitrogen and oxygen atoms in total. The molecule has 1 aromatic heterocycles. The van der Waals surface area contributed by atoms with Crippen LogP contribution in [0.3, 0.4) is 0 Å². The molecule has 0 aliphatic rings. The molecule has 2 aromatic rings. The standard InChI is InChI=1S/C12H11ClN4O3/c13-11-6-14-7-12(16-11)15-5-10(18)8-1-3-9(4-2-8)17(19)20/h1-4,6-7,10,18H,5H2,(H,15,16). The van der Waals surface area contributed by atoms with Crippen molar-refractivity contribution in [2.24, 2.45) is 0 Å². The number of nitrogens with zero attached hydrogens (tertiary/aromatic N) is 3. The van der Waals surface area contributed by atoms with Crippen molar-refractivity contribution in [2.75, 3.05) is 11.9 Å². The van der Waals surface area contributed by atoms with Crippen LogP contribution in [0.15, 0.2) is 36.7 Å². The van der Waals surface area contributed by atoms with Gasteiger partial charge in [-0.2, -0.15) is 0 Å². The number of aliphatic hydroxyl groups excluding tert-OH is 1. The Labute approximate surface area is 119 Å². The third-order valence-electron chi connectivity index (χ3n) is 2.57. The Hall–Kier alpha value is -2.25. The molecular formula is C12H11ClN4O3. The van der Waals surface area contributed by atoms with Gasteiger partial charge in [-0.25, -0.2) is 4.98 Å². The van der Waals surface area contributed by atoms with Gasteiger partial charge < -0.3 is 10.4 Å². The van der Waals surface area contributed by atoms with Crippen LogP contribution in [-0.4, -0.2) is 26.5 Å². The first-order valence-corrected chi connectivity index (χ1v) is 6.08. The average Bonchev–Trinajstić information content (AvgIpc) is 2.45. The average molecular weight is 295 g/mol. The Kier molecular flexibility index (Phi) is 4.44. The molecule has 0 spiro atoms. The van der Waals surface area contributed by atoms with Crippen molar-refractivity contribution in [1.29, 1.82) is 0 Å². The van der Waals surface area contributed by atoms with Gasteiger partial charge in [-0.05, 0) is 17.7 Å². The van der Waals surface area contributed by atoms with E-state index in [1.54, 1.807) is 0 Å². The number of rotatable bonds is 5. The van der Waals surface area contributed by atoms with Crippen molar-refractivity contribution in [3.05, 3.63) is 57.5 Å². The van der Waals surface area contributed by atoms with Crippen molar-refractivity contribution in [1.82, 2.24) is 9.97 Å². The summed E-state index contributed by atoms with van der Waals surface area (Å²) in [6.45, 7) is 0.187. The van der Waals surface area contributed by atoms with E-state index in [0.717, 1.165) is 0 Å². The molecule has 0 saturated heterocycles. The number of nitro groups is 1. The van der Waals surface area contributed by atoms with E-state index in [9.17, 15) is 15.2 Å². The summed E-state index contributed by atoms with van der Waals surface area (Å²) in [7, 11) is 0. The van der Waals surface area contributed by atoms with Crippen LogP contribution in [0.5, 0.6) is 0 Å². The van der Waals surface area contributed by atoms with E-state index in [1.165, 1.54) is 36.7 Å². The number of non-ortho nitro benzene ring substituents is 1. The minimum atomic E-state index is -0.823. The molecule has 2 rings (SSSR count). The van der Waals surface area contributed by atoms with Gasteiger partial charge >= 0.3 is 0 Å². The van der Waals surface area contributed by atoms with Crippen LogP contribution < -0.4 is 5.32 Å². The molecular weight excluding hydrogens is 284 g/mol. The summed E-state index contributed by atoms with van der Waals surface area (Å²) in [6.07, 6.45) is 2.06. The van der Waals surface area contributed by atoms with Gasteiger partial charge in [0.15, 0.2) is 0 Å². The first kappa shape index (κ1) is 14.2. The molecule has 1 atom stereocenters. The molecule has 2 N–H and O–H groups in total. The summed E-state index contributed by atoms with van der Waals surface area (Å²) in [5.74, 6) is 0.443. The van der Waals surface area contributed by atoms with Gasteiger partial charge in [-0.1, -0.05) is 11.6 Å². The number of hydrogen-bond donors (Lipinski definition) is 2. The fourth-order valence-electron chi connectivity index (χ4n) is 1.56. The summed E-state index contributed by atoms with van der Waals surface area (Å²) in [6, 6.07) is 5.71. The van der Waals surface area contributed by atoms with Crippen LogP contribution in [-0.2, 0) is 0 Å². The van der Waals surface area contributed by atoms with E-state index >= 15 is 0 Å². The highest BCUT2D eigenvalue weighted by Crippen LogP contribution is 2.18. The van der Waals surface area contributed by atoms with E-state index < -0.39 is 11.0 Å². The topological polar surface area (TPSA) is 101 Å². The lowest BCUT2D eigenvalue weighted by Gasteiger charge is -2.12. The van der Waals surface area contributed by atoms with Crippen LogP contribution in [0.25, 0.3) is 0 Å². The fourth-order valence-corrected chi connectivity index (χ4v) is 1.71. The normalized spacial score (nSPS) is 11.9. The predicted molar refractivity (Wildman–Crippen MR) is 73.6 cm³/mol. The number of halogens is 1. The lowest BCUT2D eigenvalue weighted by Crippen LogP contribution is -2.13. The monoisotopic (exact) mass is 294 g/mol. The van der Waals surface area contributed by atoms with Crippen molar-refractivity contribution in [2.45, 2.75) is 6.10 Å². The number of hydrogen-bond acceptors (Lipinski definition) is 6. The number of nitro benzene ring substituents is 1. The molecule has 0 radical (unpaired) electrons. The van der Waals surface area contributed by atoms with Gasteiger partial charge in [-0.3, -0.25) is 15.1 Å². The first-order chi connectivity index (χ1) is 9.56. The molecule has 0 fully saturated rings. The second-order valence-electron chi connectivity index (χ2n) is 3.97. The minimum absolute atomic E-state index is 0.0189. The largest absolute Gasteiger partial charge is 0.387 e. The summed E-state index contributed by atoms with van der Waals surface area (Å²) >= 11 is 5.68. The zero-order valence-electron chi connectivity index (χ0n) is 10.2. The smallest absolute Gasteiger partial charge is 0.269 e. The lowest BCUT2D eigenvalue weighted by molar-refractivity contribution is -0.384. The van der Waals surface area contributed by atoms with Gasteiger partial charge in [0.05, 0.1) is 23.4 Å². The first-order valence-electron chi connectivity index (χ1n) is 5.70. The Balaban J connectivity index is 1.97. The van der Waals surface area contributed by atoms with E-state index in [2.05, 4.69) is 15.3 Å². The Morgan fingerprint density at radius 2 is 2.05 bits per heavy atom. The van der Waals surface area contributed by atoms with Crippen LogP contribution >= 0.6 is 11.6 Å². The second kappa shape index (κ2) is 6.27. The number of anilines is 1. The summed E-state index contributed by atoms with van der Waals surface area (Å²) in [5, 5.41) is 23.6. The van der Waals surface area contributed by atoms with E-state index in [-0.39, 0.29) is 17.4 Å². The molecule has 20 heavy (non-hydrogen) atoms. The van der Waals surface area contributed by atoms with Crippen molar-refractivity contribution in [3.8, 4) is 0 Å². The van der Waals surface area contributed by atoms with Gasteiger partial charge in [0, 0.05) is 18.7 Å². The Morgan fingerprint density at radius 3 is 2.65 bits per heavy atom. The van der Waals surface area contributed by atoms with E-state index in [1.807, 2.05) is 0 Å². The molecule has 0 aliphatic carbocycles. The quantitative estimate of drug-likeness (QED) is 0.647. The maximum Gasteiger partial charge on any atom is 0.269 e. The molecule has 0 amide bonds. The Bertz CT molecular complexity index is 606. The highest BCUT2D eigenvalue weighted by atomic mass is 35.5. The molecule has 104 valence electrons. The number of benzene rings is 1. The van der Waals surface area contributed by atoms with Crippen molar-refractivity contribution in [3.63, 3.8) is 0 Å². The van der Waals surface area contributed by atoms with Crippen molar-refractivity contribution < 1.29 is 10.0 Å². The van der Waals surface area contributed by atoms with Crippen LogP contribution in [0.4, 0.5) is 11.5 Å². The minimum Gasteiger partial charge on any atom is -0.387 e. The summed E-state index contributed by atoms with van der Waals surface area (Å²) < 4.78 is 0. The molecule has 0 saturated carbocycles. The highest BCUT2D eigenvalue weighted by molar-refractivity contribution is 6.29. The molecule has 0 aliphatic heterocycles. The molecule has 1 aromatic carbocycles. The summed E-state index contributed by atoms with van der Waals surface area (Å²) in [5.41, 5.74) is 0.549. The van der Waals surface area contributed by atoms with Crippen LogP contribution in [0.2, 0.25) is 5.15 Å². The Morgan fingerprint density at radius 1 is 1.35 bits per heavy atom. The predicted octanol–water partition coefficient (Wildman–Crippen LogP) is 2.18. The van der Waals surface area contributed by atoms with Gasteiger partial charge in [0.2, 0.25) is 0 Å². The van der Waals surface area contributed by atoms with Gasteiger partial charge in [-0.15, -0.1) is 0 Å². The maximum absolute atomic E-state index is 10.5. The number of aromatic nitrogens is 2. The summed E-state index contributed by atoms with van der Waals surface area (Å²) in [4.78, 5) is 17.9. The molecule has 1 heterocycles. The van der Waals surface area contributed by atoms with Crippen LogP contribution in [0.1, 0.15) is 11.7 Å². The zero-order chi connectivity index (χ0) is 14.5. The SMILES string of the molecule is O=[N+]([O-])c1ccc(C(O)CNc2cncc(Cl)n2)cc1. The molecule has 8 heteroatoms. The zero-order valence-corrected chi connectivity index (χ0v) is 11.0. The number of aliphatic hydroxyl groups is 1. The molecule has 0 bridgehead atoms.